The quantitative estimate of drug-likeness (QED) is 0.222. The van der Waals surface area contributed by atoms with Crippen molar-refractivity contribution in [3.63, 3.8) is 0 Å². The summed E-state index contributed by atoms with van der Waals surface area (Å²) in [7, 11) is 0. The van der Waals surface area contributed by atoms with Gasteiger partial charge in [-0.2, -0.15) is 5.32 Å². The predicted octanol–water partition coefficient (Wildman–Crippen LogP) is -1.56. The molecule has 0 radical (unpaired) electrons. The van der Waals surface area contributed by atoms with Gasteiger partial charge >= 0.3 is 12.3 Å². The van der Waals surface area contributed by atoms with Crippen molar-refractivity contribution in [3.8, 4) is 0 Å². The lowest BCUT2D eigenvalue weighted by atomic mass is 10.3. The van der Waals surface area contributed by atoms with Crippen molar-refractivity contribution < 1.29 is 19.9 Å². The molecule has 0 unspecified atom stereocenters. The fourth-order valence-electron chi connectivity index (χ4n) is 0.915. The van der Waals surface area contributed by atoms with Gasteiger partial charge in [-0.05, 0) is 6.42 Å². The standard InChI is InChI=1S/C5H10N4O7/c10-3-1-2-6-5(8(13)14,9(15)16)4-7(11)12/h6,10H,1-4H2. The molecule has 0 aliphatic carbocycles. The molecule has 92 valence electrons. The maximum Gasteiger partial charge on any atom is 0.584 e. The van der Waals surface area contributed by atoms with E-state index in [0.717, 1.165) is 0 Å². The van der Waals surface area contributed by atoms with Crippen LogP contribution < -0.4 is 5.32 Å². The van der Waals surface area contributed by atoms with Crippen LogP contribution in [0.15, 0.2) is 0 Å². The molecule has 0 aromatic rings. The Morgan fingerprint density at radius 2 is 1.62 bits per heavy atom. The summed E-state index contributed by atoms with van der Waals surface area (Å²) < 4.78 is 0. The summed E-state index contributed by atoms with van der Waals surface area (Å²) in [6.45, 7) is -2.08. The van der Waals surface area contributed by atoms with E-state index in [0.29, 0.717) is 0 Å². The van der Waals surface area contributed by atoms with Crippen LogP contribution in [0.5, 0.6) is 0 Å². The zero-order chi connectivity index (χ0) is 12.8. The second-order valence-corrected chi connectivity index (χ2v) is 2.83. The Labute approximate surface area is 88.5 Å². The second kappa shape index (κ2) is 5.87. The van der Waals surface area contributed by atoms with Crippen molar-refractivity contribution in [2.75, 3.05) is 19.7 Å². The highest BCUT2D eigenvalue weighted by molar-refractivity contribution is 4.63. The third-order valence-corrected chi connectivity index (χ3v) is 1.70. The van der Waals surface area contributed by atoms with Crippen LogP contribution in [0.25, 0.3) is 0 Å². The van der Waals surface area contributed by atoms with E-state index in [1.807, 2.05) is 5.32 Å². The molecule has 11 nitrogen and oxygen atoms in total. The Balaban J connectivity index is 4.87. The molecule has 0 fully saturated rings. The fraction of sp³-hybridized carbons (Fsp3) is 1.00. The molecular weight excluding hydrogens is 228 g/mol. The zero-order valence-electron chi connectivity index (χ0n) is 8.07. The number of hydrogen-bond donors (Lipinski definition) is 2. The van der Waals surface area contributed by atoms with E-state index in [1.54, 1.807) is 0 Å². The molecule has 0 saturated carbocycles. The highest BCUT2D eigenvalue weighted by atomic mass is 16.7. The highest BCUT2D eigenvalue weighted by Crippen LogP contribution is 2.07. The van der Waals surface area contributed by atoms with Crippen molar-refractivity contribution in [3.05, 3.63) is 30.3 Å². The number of nitrogens with zero attached hydrogens (tertiary/aromatic N) is 3. The van der Waals surface area contributed by atoms with Gasteiger partial charge in [-0.1, -0.05) is 0 Å². The summed E-state index contributed by atoms with van der Waals surface area (Å²) in [4.78, 5) is 27.4. The van der Waals surface area contributed by atoms with Crippen molar-refractivity contribution in [2.24, 2.45) is 0 Å². The minimum atomic E-state index is -3.04. The molecule has 11 heteroatoms. The van der Waals surface area contributed by atoms with Gasteiger partial charge < -0.3 is 5.11 Å². The van der Waals surface area contributed by atoms with Crippen LogP contribution in [0.3, 0.4) is 0 Å². The third-order valence-electron chi connectivity index (χ3n) is 1.70. The molecule has 0 spiro atoms. The predicted molar refractivity (Wildman–Crippen MR) is 48.3 cm³/mol. The van der Waals surface area contributed by atoms with Crippen molar-refractivity contribution in [1.29, 1.82) is 0 Å². The van der Waals surface area contributed by atoms with E-state index in [2.05, 4.69) is 0 Å². The Morgan fingerprint density at radius 1 is 1.12 bits per heavy atom. The number of aliphatic hydroxyl groups is 1. The molecule has 0 amide bonds. The van der Waals surface area contributed by atoms with Gasteiger partial charge in [-0.25, -0.2) is 0 Å². The van der Waals surface area contributed by atoms with Crippen molar-refractivity contribution >= 4 is 0 Å². The maximum absolute atomic E-state index is 10.5. The minimum Gasteiger partial charge on any atom is -0.396 e. The summed E-state index contributed by atoms with van der Waals surface area (Å²) >= 11 is 0. The smallest absolute Gasteiger partial charge is 0.396 e. The van der Waals surface area contributed by atoms with Gasteiger partial charge in [0.05, 0.1) is 0 Å². The maximum atomic E-state index is 10.5. The molecule has 0 aliphatic rings. The van der Waals surface area contributed by atoms with E-state index in [4.69, 9.17) is 5.11 Å². The van der Waals surface area contributed by atoms with Crippen LogP contribution in [-0.4, -0.2) is 45.4 Å². The molecule has 0 bridgehead atoms. The molecular formula is C5H10N4O7. The first kappa shape index (κ1) is 14.1. The summed E-state index contributed by atoms with van der Waals surface area (Å²) in [5.74, 6) is -3.04. The molecule has 0 rings (SSSR count). The third kappa shape index (κ3) is 3.36. The minimum absolute atomic E-state index is 0.0150. The Bertz CT molecular complexity index is 279. The number of nitro groups is 3. The first-order chi connectivity index (χ1) is 7.36. The molecule has 0 aromatic heterocycles. The molecule has 0 aromatic carbocycles. The Hall–Kier alpha value is -1.88. The lowest BCUT2D eigenvalue weighted by Crippen LogP contribution is -2.62. The van der Waals surface area contributed by atoms with Gasteiger partial charge in [-0.15, -0.1) is 0 Å². The monoisotopic (exact) mass is 238 g/mol. The van der Waals surface area contributed by atoms with Crippen LogP contribution in [0.1, 0.15) is 6.42 Å². The van der Waals surface area contributed by atoms with Gasteiger partial charge in [0.1, 0.15) is 9.85 Å². The van der Waals surface area contributed by atoms with E-state index >= 15 is 0 Å². The number of hydrogen-bond acceptors (Lipinski definition) is 8. The Kier molecular flexibility index (Phi) is 5.18. The van der Waals surface area contributed by atoms with Gasteiger partial charge in [0.15, 0.2) is 0 Å². The molecule has 0 atom stereocenters. The van der Waals surface area contributed by atoms with E-state index in [1.165, 1.54) is 0 Å². The second-order valence-electron chi connectivity index (χ2n) is 2.83. The largest absolute Gasteiger partial charge is 0.584 e. The number of aliphatic hydroxyl groups excluding tert-OH is 1. The number of nitrogens with one attached hydrogen (secondary N) is 1. The van der Waals surface area contributed by atoms with Crippen molar-refractivity contribution in [1.82, 2.24) is 5.32 Å². The van der Waals surface area contributed by atoms with Crippen LogP contribution >= 0.6 is 0 Å². The van der Waals surface area contributed by atoms with Gasteiger partial charge in [-0.3, -0.25) is 30.3 Å². The average molecular weight is 238 g/mol. The summed E-state index contributed by atoms with van der Waals surface area (Å²) in [5, 5.41) is 41.5. The SMILES string of the molecule is O=[N+]([O-])CC(NCCCO)([N+](=O)[O-])[N+](=O)[O-]. The lowest BCUT2D eigenvalue weighted by molar-refractivity contribution is -0.827. The molecule has 0 saturated heterocycles. The number of rotatable bonds is 8. The first-order valence-corrected chi connectivity index (χ1v) is 4.13. The van der Waals surface area contributed by atoms with Gasteiger partial charge in [0.25, 0.3) is 0 Å². The lowest BCUT2D eigenvalue weighted by Gasteiger charge is -2.13. The normalized spacial score (nSPS) is 11.1. The van der Waals surface area contributed by atoms with E-state index < -0.39 is 27.1 Å². The molecule has 0 heterocycles. The summed E-state index contributed by atoms with van der Waals surface area (Å²) in [6, 6.07) is 0. The first-order valence-electron chi connectivity index (χ1n) is 4.13. The Morgan fingerprint density at radius 3 is 1.94 bits per heavy atom. The fourth-order valence-corrected chi connectivity index (χ4v) is 0.915. The van der Waals surface area contributed by atoms with Gasteiger partial charge in [0.2, 0.25) is 0 Å². The van der Waals surface area contributed by atoms with E-state index in [9.17, 15) is 30.3 Å². The molecule has 0 aliphatic heterocycles. The zero-order valence-corrected chi connectivity index (χ0v) is 8.07. The summed E-state index contributed by atoms with van der Waals surface area (Å²) in [5.41, 5.74) is 0. The summed E-state index contributed by atoms with van der Waals surface area (Å²) in [6.07, 6.45) is 0.0150. The topological polar surface area (TPSA) is 162 Å². The van der Waals surface area contributed by atoms with Crippen LogP contribution in [0.2, 0.25) is 0 Å². The van der Waals surface area contributed by atoms with Crippen molar-refractivity contribution in [2.45, 2.75) is 12.2 Å². The molecule has 16 heavy (non-hydrogen) atoms. The van der Waals surface area contributed by atoms with Crippen LogP contribution in [0, 0.1) is 30.3 Å². The molecule has 2 N–H and O–H groups in total. The van der Waals surface area contributed by atoms with Crippen LogP contribution in [-0.2, 0) is 0 Å². The van der Waals surface area contributed by atoms with Gasteiger partial charge in [0, 0.05) is 18.1 Å². The highest BCUT2D eigenvalue weighted by Gasteiger charge is 2.61. The van der Waals surface area contributed by atoms with E-state index in [-0.39, 0.29) is 19.6 Å². The van der Waals surface area contributed by atoms with Crippen LogP contribution in [0.4, 0.5) is 0 Å². The average Bonchev–Trinajstić information content (AvgIpc) is 2.15.